The molecule has 0 saturated carbocycles. The normalized spacial score (nSPS) is 22.2. The van der Waals surface area contributed by atoms with E-state index in [-0.39, 0.29) is 6.04 Å². The molecule has 5 nitrogen and oxygen atoms in total. The number of methoxy groups -OCH3 is 1. The Labute approximate surface area is 110 Å². The minimum absolute atomic E-state index is 0.245. The highest BCUT2D eigenvalue weighted by molar-refractivity contribution is 5.90. The number of fused-ring (bicyclic) bond motifs is 3. The molecule has 0 bridgehead atoms. The molecule has 1 aliphatic rings. The van der Waals surface area contributed by atoms with E-state index >= 15 is 0 Å². The van der Waals surface area contributed by atoms with Crippen molar-refractivity contribution in [3.63, 3.8) is 0 Å². The van der Waals surface area contributed by atoms with Gasteiger partial charge in [-0.2, -0.15) is 0 Å². The van der Waals surface area contributed by atoms with Gasteiger partial charge in [-0.1, -0.05) is 12.1 Å². The van der Waals surface area contributed by atoms with Crippen molar-refractivity contribution in [2.75, 3.05) is 7.11 Å². The van der Waals surface area contributed by atoms with Crippen LogP contribution in [0.4, 0.5) is 0 Å². The average molecular weight is 260 g/mol. The molecule has 3 rings (SSSR count). The molecule has 5 heteroatoms. The van der Waals surface area contributed by atoms with Crippen LogP contribution in [0.25, 0.3) is 10.9 Å². The van der Waals surface area contributed by atoms with E-state index in [0.29, 0.717) is 12.8 Å². The first kappa shape index (κ1) is 12.0. The summed E-state index contributed by atoms with van der Waals surface area (Å²) in [6.45, 7) is 0. The first-order valence-electron chi connectivity index (χ1n) is 6.27. The van der Waals surface area contributed by atoms with Crippen LogP contribution in [0.15, 0.2) is 18.2 Å². The van der Waals surface area contributed by atoms with Crippen molar-refractivity contribution in [3.05, 3.63) is 29.5 Å². The van der Waals surface area contributed by atoms with E-state index in [9.17, 15) is 4.79 Å². The lowest BCUT2D eigenvalue weighted by molar-refractivity contribution is -0.142. The van der Waals surface area contributed by atoms with Crippen LogP contribution < -0.4 is 10.5 Å². The molecule has 2 atom stereocenters. The van der Waals surface area contributed by atoms with Gasteiger partial charge in [-0.25, -0.2) is 0 Å². The summed E-state index contributed by atoms with van der Waals surface area (Å²) >= 11 is 0. The van der Waals surface area contributed by atoms with Gasteiger partial charge in [-0.05, 0) is 18.1 Å². The molecule has 0 radical (unpaired) electrons. The third-order valence-electron chi connectivity index (χ3n) is 3.85. The van der Waals surface area contributed by atoms with Gasteiger partial charge in [0, 0.05) is 23.5 Å². The van der Waals surface area contributed by atoms with E-state index in [4.69, 9.17) is 15.6 Å². The van der Waals surface area contributed by atoms with E-state index < -0.39 is 11.9 Å². The fourth-order valence-electron chi connectivity index (χ4n) is 2.96. The summed E-state index contributed by atoms with van der Waals surface area (Å²) < 4.78 is 5.33. The van der Waals surface area contributed by atoms with Gasteiger partial charge >= 0.3 is 5.97 Å². The molecule has 1 aromatic carbocycles. The zero-order chi connectivity index (χ0) is 13.6. The molecule has 0 saturated heterocycles. The number of carbonyl (C=O) groups is 1. The topological polar surface area (TPSA) is 88.3 Å². The number of nitrogens with two attached hydrogens (primary N) is 1. The maximum absolute atomic E-state index is 11.2. The summed E-state index contributed by atoms with van der Waals surface area (Å²) in [5.74, 6) is -0.445. The third kappa shape index (κ3) is 1.77. The van der Waals surface area contributed by atoms with Gasteiger partial charge < -0.3 is 20.6 Å². The average Bonchev–Trinajstić information content (AvgIpc) is 2.77. The monoisotopic (exact) mass is 260 g/mol. The van der Waals surface area contributed by atoms with Crippen molar-refractivity contribution in [1.82, 2.24) is 4.98 Å². The molecule has 0 fully saturated rings. The Morgan fingerprint density at radius 2 is 2.32 bits per heavy atom. The predicted molar refractivity (Wildman–Crippen MR) is 71.2 cm³/mol. The molecule has 0 amide bonds. The highest BCUT2D eigenvalue weighted by Gasteiger charge is 2.32. The standard InChI is InChI=1S/C14H16N2O3/c1-19-11-4-2-3-8-12-9(15)5-7(14(17)18)6-10(12)16-13(8)11/h2-4,7,9,16H,5-6,15H2,1H3,(H,17,18). The minimum atomic E-state index is -0.785. The first-order chi connectivity index (χ1) is 9.11. The largest absolute Gasteiger partial charge is 0.495 e. The van der Waals surface area contributed by atoms with Crippen molar-refractivity contribution in [3.8, 4) is 5.75 Å². The number of carboxylic acids is 1. The van der Waals surface area contributed by atoms with Crippen molar-refractivity contribution in [2.24, 2.45) is 11.7 Å². The Hall–Kier alpha value is -2.01. The number of nitrogens with one attached hydrogen (secondary N) is 1. The molecule has 2 aromatic rings. The van der Waals surface area contributed by atoms with E-state index in [1.165, 1.54) is 0 Å². The summed E-state index contributed by atoms with van der Waals surface area (Å²) in [4.78, 5) is 14.4. The minimum Gasteiger partial charge on any atom is -0.495 e. The van der Waals surface area contributed by atoms with E-state index in [1.807, 2.05) is 18.2 Å². The number of ether oxygens (including phenoxy) is 1. The number of benzene rings is 1. The number of carboxylic acid groups (broad SMARTS) is 1. The Balaban J connectivity index is 2.18. The number of hydrogen-bond acceptors (Lipinski definition) is 3. The lowest BCUT2D eigenvalue weighted by Gasteiger charge is -2.24. The highest BCUT2D eigenvalue weighted by atomic mass is 16.5. The molecule has 4 N–H and O–H groups in total. The number of rotatable bonds is 2. The van der Waals surface area contributed by atoms with Crippen LogP contribution in [0.3, 0.4) is 0 Å². The van der Waals surface area contributed by atoms with Crippen LogP contribution in [0.2, 0.25) is 0 Å². The Morgan fingerprint density at radius 3 is 3.00 bits per heavy atom. The Morgan fingerprint density at radius 1 is 1.53 bits per heavy atom. The van der Waals surface area contributed by atoms with Crippen molar-refractivity contribution >= 4 is 16.9 Å². The van der Waals surface area contributed by atoms with Gasteiger partial charge in [0.05, 0.1) is 18.5 Å². The van der Waals surface area contributed by atoms with Gasteiger partial charge in [0.1, 0.15) is 5.75 Å². The highest BCUT2D eigenvalue weighted by Crippen LogP contribution is 2.39. The van der Waals surface area contributed by atoms with Gasteiger partial charge in [-0.3, -0.25) is 4.79 Å². The van der Waals surface area contributed by atoms with Gasteiger partial charge in [0.2, 0.25) is 0 Å². The number of aliphatic carboxylic acids is 1. The molecule has 1 aliphatic carbocycles. The molecule has 19 heavy (non-hydrogen) atoms. The number of hydrogen-bond donors (Lipinski definition) is 3. The lowest BCUT2D eigenvalue weighted by Crippen LogP contribution is -2.28. The fraction of sp³-hybridized carbons (Fsp3) is 0.357. The summed E-state index contributed by atoms with van der Waals surface area (Å²) in [5, 5.41) is 10.2. The molecule has 1 heterocycles. The second-order valence-electron chi connectivity index (χ2n) is 4.98. The van der Waals surface area contributed by atoms with Crippen LogP contribution in [0.5, 0.6) is 5.75 Å². The van der Waals surface area contributed by atoms with Crippen LogP contribution in [-0.4, -0.2) is 23.2 Å². The second-order valence-corrected chi connectivity index (χ2v) is 4.98. The predicted octanol–water partition coefficient (Wildman–Crippen LogP) is 1.82. The summed E-state index contributed by atoms with van der Waals surface area (Å²) in [6.07, 6.45) is 0.975. The fourth-order valence-corrected chi connectivity index (χ4v) is 2.96. The zero-order valence-corrected chi connectivity index (χ0v) is 10.6. The van der Waals surface area contributed by atoms with Crippen molar-refractivity contribution in [1.29, 1.82) is 0 Å². The quantitative estimate of drug-likeness (QED) is 0.768. The molecule has 0 spiro atoms. The molecule has 100 valence electrons. The molecule has 0 aliphatic heterocycles. The molecule has 1 aromatic heterocycles. The third-order valence-corrected chi connectivity index (χ3v) is 3.85. The smallest absolute Gasteiger partial charge is 0.306 e. The van der Waals surface area contributed by atoms with Crippen molar-refractivity contribution < 1.29 is 14.6 Å². The molecular weight excluding hydrogens is 244 g/mol. The summed E-state index contributed by atoms with van der Waals surface area (Å²) in [5.41, 5.74) is 9.01. The number of H-pyrrole nitrogens is 1. The second kappa shape index (κ2) is 4.28. The molecule has 2 unspecified atom stereocenters. The lowest BCUT2D eigenvalue weighted by atomic mass is 9.83. The zero-order valence-electron chi connectivity index (χ0n) is 10.6. The van der Waals surface area contributed by atoms with Gasteiger partial charge in [0.25, 0.3) is 0 Å². The first-order valence-corrected chi connectivity index (χ1v) is 6.27. The SMILES string of the molecule is COc1cccc2c3c([nH]c12)CC(C(=O)O)CC3N. The van der Waals surface area contributed by atoms with E-state index in [1.54, 1.807) is 7.11 Å². The Kier molecular flexibility index (Phi) is 2.71. The van der Waals surface area contributed by atoms with E-state index in [2.05, 4.69) is 4.98 Å². The Bertz CT molecular complexity index is 647. The number of para-hydroxylation sites is 1. The van der Waals surface area contributed by atoms with Crippen LogP contribution >= 0.6 is 0 Å². The van der Waals surface area contributed by atoms with Gasteiger partial charge in [-0.15, -0.1) is 0 Å². The number of aromatic amines is 1. The van der Waals surface area contributed by atoms with Crippen LogP contribution in [-0.2, 0) is 11.2 Å². The van der Waals surface area contributed by atoms with Gasteiger partial charge in [0.15, 0.2) is 0 Å². The van der Waals surface area contributed by atoms with Crippen LogP contribution in [0, 0.1) is 5.92 Å². The summed E-state index contributed by atoms with van der Waals surface area (Å²) in [7, 11) is 1.62. The maximum atomic E-state index is 11.2. The maximum Gasteiger partial charge on any atom is 0.306 e. The summed E-state index contributed by atoms with van der Waals surface area (Å²) in [6, 6.07) is 5.55. The van der Waals surface area contributed by atoms with Crippen molar-refractivity contribution in [2.45, 2.75) is 18.9 Å². The van der Waals surface area contributed by atoms with Crippen LogP contribution in [0.1, 0.15) is 23.7 Å². The molecular formula is C14H16N2O3. The van der Waals surface area contributed by atoms with E-state index in [0.717, 1.165) is 27.9 Å². The number of aromatic nitrogens is 1.